The molecule has 0 aliphatic carbocycles. The predicted octanol–water partition coefficient (Wildman–Crippen LogP) is 3.90. The van der Waals surface area contributed by atoms with Gasteiger partial charge in [-0.3, -0.25) is 4.79 Å². The van der Waals surface area contributed by atoms with Crippen molar-refractivity contribution >= 4 is 23.9 Å². The van der Waals surface area contributed by atoms with Gasteiger partial charge in [0.1, 0.15) is 5.75 Å². The summed E-state index contributed by atoms with van der Waals surface area (Å²) >= 11 is 0. The van der Waals surface area contributed by atoms with Crippen LogP contribution < -0.4 is 4.74 Å². The second-order valence-corrected chi connectivity index (χ2v) is 6.35. The van der Waals surface area contributed by atoms with Crippen LogP contribution in [-0.2, 0) is 14.3 Å². The topological polar surface area (TPSA) is 65.0 Å². The van der Waals surface area contributed by atoms with E-state index in [9.17, 15) is 9.59 Å². The largest absolute Gasteiger partial charge is 0.426 e. The minimum absolute atomic E-state index is 0.195. The zero-order valence-electron chi connectivity index (χ0n) is 14.9. The molecule has 0 radical (unpaired) electrons. The molecule has 0 fully saturated rings. The van der Waals surface area contributed by atoms with E-state index in [2.05, 4.69) is 4.99 Å². The molecular weight excluding hydrogens is 330 g/mol. The quantitative estimate of drug-likeness (QED) is 0.477. The lowest BCUT2D eigenvalue weighted by molar-refractivity contribution is -0.137. The fourth-order valence-corrected chi connectivity index (χ4v) is 2.25. The first-order valence-corrected chi connectivity index (χ1v) is 8.34. The lowest BCUT2D eigenvalue weighted by Crippen LogP contribution is -2.14. The highest BCUT2D eigenvalue weighted by molar-refractivity contribution is 6.12. The van der Waals surface area contributed by atoms with Crippen molar-refractivity contribution in [3.8, 4) is 5.75 Å². The number of ether oxygens (including phenoxy) is 2. The molecule has 0 saturated heterocycles. The SMILES string of the molecule is Cc1ccc(C2=N/C(=C\c3ccc(OC(=O)C(C)C)cc3)C(=O)O2)cc1. The summed E-state index contributed by atoms with van der Waals surface area (Å²) in [5.74, 6) is -0.217. The molecule has 1 aliphatic rings. The summed E-state index contributed by atoms with van der Waals surface area (Å²) in [6, 6.07) is 14.5. The van der Waals surface area contributed by atoms with Gasteiger partial charge in [-0.2, -0.15) is 0 Å². The minimum atomic E-state index is -0.490. The number of carbonyl (C=O) groups excluding carboxylic acids is 2. The fraction of sp³-hybridized carbons (Fsp3) is 0.190. The average molecular weight is 349 g/mol. The maximum atomic E-state index is 12.0. The Labute approximate surface area is 152 Å². The highest BCUT2D eigenvalue weighted by Crippen LogP contribution is 2.21. The molecule has 0 atom stereocenters. The number of aliphatic imine (C=N–C) groups is 1. The highest BCUT2D eigenvalue weighted by Gasteiger charge is 2.24. The van der Waals surface area contributed by atoms with Gasteiger partial charge >= 0.3 is 11.9 Å². The van der Waals surface area contributed by atoms with Gasteiger partial charge in [-0.15, -0.1) is 0 Å². The van der Waals surface area contributed by atoms with Crippen molar-refractivity contribution in [1.82, 2.24) is 0 Å². The molecule has 5 heteroatoms. The zero-order valence-corrected chi connectivity index (χ0v) is 14.9. The van der Waals surface area contributed by atoms with E-state index in [1.165, 1.54) is 0 Å². The van der Waals surface area contributed by atoms with Crippen molar-refractivity contribution in [2.45, 2.75) is 20.8 Å². The van der Waals surface area contributed by atoms with Crippen LogP contribution in [0.2, 0.25) is 0 Å². The lowest BCUT2D eigenvalue weighted by Gasteiger charge is -2.06. The van der Waals surface area contributed by atoms with Gasteiger partial charge in [0.15, 0.2) is 5.70 Å². The van der Waals surface area contributed by atoms with E-state index in [1.807, 2.05) is 31.2 Å². The molecule has 2 aromatic carbocycles. The van der Waals surface area contributed by atoms with Gasteiger partial charge in [-0.25, -0.2) is 9.79 Å². The van der Waals surface area contributed by atoms with Crippen LogP contribution in [0, 0.1) is 12.8 Å². The van der Waals surface area contributed by atoms with E-state index >= 15 is 0 Å². The Hall–Kier alpha value is -3.21. The first-order valence-electron chi connectivity index (χ1n) is 8.34. The molecular formula is C21H19NO4. The van der Waals surface area contributed by atoms with Crippen molar-refractivity contribution in [2.75, 3.05) is 0 Å². The number of carbonyl (C=O) groups is 2. The number of benzene rings is 2. The molecule has 0 aromatic heterocycles. The highest BCUT2D eigenvalue weighted by atomic mass is 16.6. The van der Waals surface area contributed by atoms with Crippen LogP contribution >= 0.6 is 0 Å². The van der Waals surface area contributed by atoms with E-state index in [0.29, 0.717) is 11.6 Å². The summed E-state index contributed by atoms with van der Waals surface area (Å²) < 4.78 is 10.5. The molecule has 26 heavy (non-hydrogen) atoms. The number of esters is 2. The Kier molecular flexibility index (Phi) is 4.98. The predicted molar refractivity (Wildman–Crippen MR) is 98.7 cm³/mol. The molecule has 1 aliphatic heterocycles. The van der Waals surface area contributed by atoms with Crippen LogP contribution in [0.15, 0.2) is 59.2 Å². The summed E-state index contributed by atoms with van der Waals surface area (Å²) in [5.41, 5.74) is 2.86. The summed E-state index contributed by atoms with van der Waals surface area (Å²) in [6.45, 7) is 5.53. The smallest absolute Gasteiger partial charge is 0.363 e. The van der Waals surface area contributed by atoms with Gasteiger partial charge in [-0.05, 0) is 42.8 Å². The summed E-state index contributed by atoms with van der Waals surface area (Å²) in [5, 5.41) is 0. The second kappa shape index (κ2) is 7.35. The van der Waals surface area contributed by atoms with E-state index < -0.39 is 5.97 Å². The Morgan fingerprint density at radius 1 is 1.08 bits per heavy atom. The standard InChI is InChI=1S/C21H19NO4/c1-13(2)20(23)25-17-10-6-15(7-11-17)12-18-21(24)26-19(22-18)16-8-4-14(3)5-9-16/h4-13H,1-3H3/b18-12-. The average Bonchev–Trinajstić information content (AvgIpc) is 2.98. The zero-order chi connectivity index (χ0) is 18.7. The number of nitrogens with zero attached hydrogens (tertiary/aromatic N) is 1. The van der Waals surface area contributed by atoms with E-state index in [-0.39, 0.29) is 17.6 Å². The number of hydrogen-bond donors (Lipinski definition) is 0. The maximum absolute atomic E-state index is 12.0. The normalized spacial score (nSPS) is 15.2. The molecule has 0 N–H and O–H groups in total. The van der Waals surface area contributed by atoms with Crippen LogP contribution in [0.1, 0.15) is 30.5 Å². The monoisotopic (exact) mass is 349 g/mol. The van der Waals surface area contributed by atoms with Crippen molar-refractivity contribution in [3.63, 3.8) is 0 Å². The number of cyclic esters (lactones) is 1. The molecule has 0 bridgehead atoms. The molecule has 0 saturated carbocycles. The van der Waals surface area contributed by atoms with Gasteiger partial charge in [0.05, 0.1) is 5.92 Å². The maximum Gasteiger partial charge on any atom is 0.363 e. The molecule has 132 valence electrons. The van der Waals surface area contributed by atoms with Crippen LogP contribution in [-0.4, -0.2) is 17.8 Å². The third-order valence-corrected chi connectivity index (χ3v) is 3.79. The summed E-state index contributed by atoms with van der Waals surface area (Å²) in [4.78, 5) is 27.9. The number of hydrogen-bond acceptors (Lipinski definition) is 5. The van der Waals surface area contributed by atoms with E-state index in [0.717, 1.165) is 16.7 Å². The van der Waals surface area contributed by atoms with Gasteiger partial charge in [0.2, 0.25) is 5.90 Å². The minimum Gasteiger partial charge on any atom is -0.426 e. The van der Waals surface area contributed by atoms with Crippen LogP contribution in [0.3, 0.4) is 0 Å². The Balaban J connectivity index is 1.77. The van der Waals surface area contributed by atoms with Gasteiger partial charge in [-0.1, -0.05) is 43.7 Å². The van der Waals surface area contributed by atoms with Crippen LogP contribution in [0.4, 0.5) is 0 Å². The summed E-state index contributed by atoms with van der Waals surface area (Å²) in [6.07, 6.45) is 1.64. The number of aryl methyl sites for hydroxylation is 1. The molecule has 0 spiro atoms. The Morgan fingerprint density at radius 3 is 2.35 bits per heavy atom. The lowest BCUT2D eigenvalue weighted by atomic mass is 10.1. The first-order chi connectivity index (χ1) is 12.4. The van der Waals surface area contributed by atoms with Gasteiger partial charge in [0.25, 0.3) is 0 Å². The second-order valence-electron chi connectivity index (χ2n) is 6.35. The Bertz CT molecular complexity index is 891. The fourth-order valence-electron chi connectivity index (χ4n) is 2.25. The molecule has 0 unspecified atom stereocenters. The first kappa shape index (κ1) is 17.6. The van der Waals surface area contributed by atoms with Crippen molar-refractivity contribution < 1.29 is 19.1 Å². The Morgan fingerprint density at radius 2 is 1.73 bits per heavy atom. The van der Waals surface area contributed by atoms with Crippen molar-refractivity contribution in [3.05, 3.63) is 70.9 Å². The van der Waals surface area contributed by atoms with Gasteiger partial charge in [0, 0.05) is 5.56 Å². The molecule has 2 aromatic rings. The third kappa shape index (κ3) is 4.06. The molecule has 3 rings (SSSR count). The molecule has 5 nitrogen and oxygen atoms in total. The third-order valence-electron chi connectivity index (χ3n) is 3.79. The van der Waals surface area contributed by atoms with Crippen LogP contribution in [0.25, 0.3) is 6.08 Å². The van der Waals surface area contributed by atoms with Gasteiger partial charge < -0.3 is 9.47 Å². The summed E-state index contributed by atoms with van der Waals surface area (Å²) in [7, 11) is 0. The number of rotatable bonds is 4. The van der Waals surface area contributed by atoms with Crippen molar-refractivity contribution in [2.24, 2.45) is 10.9 Å². The van der Waals surface area contributed by atoms with Crippen molar-refractivity contribution in [1.29, 1.82) is 0 Å². The molecule has 0 amide bonds. The molecule has 1 heterocycles. The van der Waals surface area contributed by atoms with E-state index in [4.69, 9.17) is 9.47 Å². The van der Waals surface area contributed by atoms with E-state index in [1.54, 1.807) is 44.2 Å². The van der Waals surface area contributed by atoms with Crippen LogP contribution in [0.5, 0.6) is 5.75 Å².